The van der Waals surface area contributed by atoms with E-state index in [1.807, 2.05) is 22.5 Å². The largest absolute Gasteiger partial charge is 0.354 e. The summed E-state index contributed by atoms with van der Waals surface area (Å²) in [5.74, 6) is 0.437. The smallest absolute Gasteiger partial charge is 0.223 e. The molecular formula is C23H27FN6O2. The molecule has 1 N–H and O–H groups in total. The average Bonchev–Trinajstić information content (AvgIpc) is 3.40. The van der Waals surface area contributed by atoms with Crippen molar-refractivity contribution < 1.29 is 14.0 Å². The molecule has 3 heterocycles. The molecule has 9 heteroatoms. The Labute approximate surface area is 186 Å². The molecule has 32 heavy (non-hydrogen) atoms. The normalized spacial score (nSPS) is 14.5. The molecule has 1 aliphatic rings. The number of hydrogen-bond acceptors (Lipinski definition) is 4. The second kappa shape index (κ2) is 9.33. The Hall–Kier alpha value is -3.49. The highest BCUT2D eigenvalue weighted by molar-refractivity contribution is 5.80. The van der Waals surface area contributed by atoms with Crippen LogP contribution < -0.4 is 5.32 Å². The minimum atomic E-state index is -0.295. The summed E-state index contributed by atoms with van der Waals surface area (Å²) in [5, 5.41) is 7.53. The maximum Gasteiger partial charge on any atom is 0.223 e. The summed E-state index contributed by atoms with van der Waals surface area (Å²) >= 11 is 0. The van der Waals surface area contributed by atoms with E-state index in [4.69, 9.17) is 0 Å². The maximum atomic E-state index is 13.4. The molecule has 0 radical (unpaired) electrons. The minimum absolute atomic E-state index is 0.0117. The van der Waals surface area contributed by atoms with Gasteiger partial charge in [0, 0.05) is 57.5 Å². The highest BCUT2D eigenvalue weighted by atomic mass is 19.1. The Balaban J connectivity index is 1.46. The van der Waals surface area contributed by atoms with Crippen LogP contribution in [-0.4, -0.2) is 55.7 Å². The summed E-state index contributed by atoms with van der Waals surface area (Å²) < 4.78 is 17.1. The number of piperidine rings is 1. The molecule has 0 unspecified atom stereocenters. The maximum absolute atomic E-state index is 13.4. The molecule has 2 amide bonds. The van der Waals surface area contributed by atoms with Gasteiger partial charge in [0.2, 0.25) is 11.8 Å². The number of hydrogen-bond donors (Lipinski definition) is 1. The predicted molar refractivity (Wildman–Crippen MR) is 118 cm³/mol. The lowest BCUT2D eigenvalue weighted by Crippen LogP contribution is -2.42. The van der Waals surface area contributed by atoms with E-state index in [0.29, 0.717) is 39.0 Å². The fraction of sp³-hybridized carbons (Fsp3) is 0.391. The highest BCUT2D eigenvalue weighted by Crippen LogP contribution is 2.31. The molecule has 0 saturated carbocycles. The van der Waals surface area contributed by atoms with Crippen molar-refractivity contribution in [1.82, 2.24) is 29.5 Å². The van der Waals surface area contributed by atoms with Crippen molar-refractivity contribution in [2.75, 3.05) is 19.6 Å². The lowest BCUT2D eigenvalue weighted by molar-refractivity contribution is -0.133. The standard InChI is InChI=1S/C23H27FN6O2/c1-16(31)29-11-7-18(8-12-29)23(32)26-10-14-30-21(22-25-9-13-28(22)2)20(15-27-30)17-3-5-19(24)6-4-17/h3-6,9,13,15,18H,7-8,10-12,14H2,1-2H3,(H,26,32). The number of carbonyl (C=O) groups is 2. The number of rotatable bonds is 6. The first-order valence-corrected chi connectivity index (χ1v) is 10.8. The van der Waals surface area contributed by atoms with Gasteiger partial charge in [0.15, 0.2) is 5.82 Å². The lowest BCUT2D eigenvalue weighted by atomic mass is 9.96. The number of nitrogens with one attached hydrogen (secondary N) is 1. The average molecular weight is 439 g/mol. The van der Waals surface area contributed by atoms with E-state index >= 15 is 0 Å². The van der Waals surface area contributed by atoms with Crippen LogP contribution in [0.2, 0.25) is 0 Å². The Morgan fingerprint density at radius 3 is 2.53 bits per heavy atom. The van der Waals surface area contributed by atoms with Gasteiger partial charge in [-0.3, -0.25) is 14.3 Å². The fourth-order valence-corrected chi connectivity index (χ4v) is 4.11. The van der Waals surface area contributed by atoms with E-state index in [1.54, 1.807) is 36.4 Å². The van der Waals surface area contributed by atoms with Crippen molar-refractivity contribution in [3.05, 3.63) is 48.7 Å². The predicted octanol–water partition coefficient (Wildman–Crippen LogP) is 2.46. The molecule has 3 aromatic rings. The van der Waals surface area contributed by atoms with Crippen LogP contribution in [0.3, 0.4) is 0 Å². The van der Waals surface area contributed by atoms with E-state index in [-0.39, 0.29) is 23.5 Å². The topological polar surface area (TPSA) is 85.1 Å². The van der Waals surface area contributed by atoms with Crippen LogP contribution in [0.1, 0.15) is 19.8 Å². The molecule has 0 aliphatic carbocycles. The van der Waals surface area contributed by atoms with Gasteiger partial charge in [-0.05, 0) is 30.5 Å². The van der Waals surface area contributed by atoms with E-state index in [9.17, 15) is 14.0 Å². The number of halogens is 1. The molecule has 0 spiro atoms. The summed E-state index contributed by atoms with van der Waals surface area (Å²) in [6.07, 6.45) is 6.68. The van der Waals surface area contributed by atoms with Crippen LogP contribution in [0.5, 0.6) is 0 Å². The van der Waals surface area contributed by atoms with Crippen LogP contribution in [0.4, 0.5) is 4.39 Å². The van der Waals surface area contributed by atoms with E-state index in [0.717, 1.165) is 22.6 Å². The first kappa shape index (κ1) is 21.7. The van der Waals surface area contributed by atoms with Gasteiger partial charge in [0.1, 0.15) is 11.5 Å². The lowest BCUT2D eigenvalue weighted by Gasteiger charge is -2.30. The highest BCUT2D eigenvalue weighted by Gasteiger charge is 2.26. The Morgan fingerprint density at radius 2 is 1.91 bits per heavy atom. The monoisotopic (exact) mass is 438 g/mol. The minimum Gasteiger partial charge on any atom is -0.354 e. The van der Waals surface area contributed by atoms with Crippen molar-refractivity contribution in [1.29, 1.82) is 0 Å². The third-order valence-electron chi connectivity index (χ3n) is 5.96. The van der Waals surface area contributed by atoms with Gasteiger partial charge in [-0.25, -0.2) is 9.37 Å². The quantitative estimate of drug-likeness (QED) is 0.641. The number of carbonyl (C=O) groups excluding carboxylic acids is 2. The Bertz CT molecular complexity index is 1100. The molecule has 1 aromatic carbocycles. The zero-order valence-corrected chi connectivity index (χ0v) is 18.3. The van der Waals surface area contributed by atoms with E-state index in [1.165, 1.54) is 12.1 Å². The number of imidazole rings is 1. The van der Waals surface area contributed by atoms with Crippen molar-refractivity contribution in [3.63, 3.8) is 0 Å². The van der Waals surface area contributed by atoms with Gasteiger partial charge in [-0.1, -0.05) is 12.1 Å². The van der Waals surface area contributed by atoms with Gasteiger partial charge in [-0.2, -0.15) is 5.10 Å². The van der Waals surface area contributed by atoms with Crippen molar-refractivity contribution in [3.8, 4) is 22.6 Å². The number of likely N-dealkylation sites (tertiary alicyclic amines) is 1. The Morgan fingerprint density at radius 1 is 1.19 bits per heavy atom. The number of benzene rings is 1. The van der Waals surface area contributed by atoms with E-state index < -0.39 is 0 Å². The molecular weight excluding hydrogens is 411 g/mol. The van der Waals surface area contributed by atoms with Crippen LogP contribution in [0.15, 0.2) is 42.9 Å². The number of aryl methyl sites for hydroxylation is 1. The van der Waals surface area contributed by atoms with Gasteiger partial charge in [-0.15, -0.1) is 0 Å². The summed E-state index contributed by atoms with van der Waals surface area (Å²) in [4.78, 5) is 30.3. The van der Waals surface area contributed by atoms with Crippen molar-refractivity contribution in [2.45, 2.75) is 26.3 Å². The summed E-state index contributed by atoms with van der Waals surface area (Å²) in [6.45, 7) is 3.70. The summed E-state index contributed by atoms with van der Waals surface area (Å²) in [7, 11) is 1.91. The molecule has 1 fully saturated rings. The van der Waals surface area contributed by atoms with Crippen LogP contribution in [0.25, 0.3) is 22.6 Å². The molecule has 4 rings (SSSR count). The molecule has 2 aromatic heterocycles. The summed E-state index contributed by atoms with van der Waals surface area (Å²) in [5.41, 5.74) is 2.51. The first-order chi connectivity index (χ1) is 15.4. The molecule has 168 valence electrons. The Kier molecular flexibility index (Phi) is 6.34. The summed E-state index contributed by atoms with van der Waals surface area (Å²) in [6, 6.07) is 6.29. The van der Waals surface area contributed by atoms with Gasteiger partial charge in [0.05, 0.1) is 12.7 Å². The SMILES string of the molecule is CC(=O)N1CCC(C(=O)NCCn2ncc(-c3ccc(F)cc3)c2-c2nccn2C)CC1. The van der Waals surface area contributed by atoms with Crippen molar-refractivity contribution >= 4 is 11.8 Å². The van der Waals surface area contributed by atoms with Crippen LogP contribution >= 0.6 is 0 Å². The zero-order valence-electron chi connectivity index (χ0n) is 18.3. The number of amides is 2. The molecule has 0 atom stereocenters. The molecule has 1 aliphatic heterocycles. The third-order valence-corrected chi connectivity index (χ3v) is 5.96. The molecule has 1 saturated heterocycles. The van der Waals surface area contributed by atoms with Gasteiger partial charge in [0.25, 0.3) is 0 Å². The number of aromatic nitrogens is 4. The van der Waals surface area contributed by atoms with E-state index in [2.05, 4.69) is 15.4 Å². The second-order valence-corrected chi connectivity index (χ2v) is 8.07. The van der Waals surface area contributed by atoms with Crippen molar-refractivity contribution in [2.24, 2.45) is 13.0 Å². The molecule has 8 nitrogen and oxygen atoms in total. The molecule has 0 bridgehead atoms. The first-order valence-electron chi connectivity index (χ1n) is 10.8. The number of nitrogens with zero attached hydrogens (tertiary/aromatic N) is 5. The van der Waals surface area contributed by atoms with Gasteiger partial charge >= 0.3 is 0 Å². The fourth-order valence-electron chi connectivity index (χ4n) is 4.11. The second-order valence-electron chi connectivity index (χ2n) is 8.07. The van der Waals surface area contributed by atoms with Crippen LogP contribution in [0, 0.1) is 11.7 Å². The van der Waals surface area contributed by atoms with Gasteiger partial charge < -0.3 is 14.8 Å². The zero-order chi connectivity index (χ0) is 22.7. The third kappa shape index (κ3) is 4.56. The van der Waals surface area contributed by atoms with Crippen LogP contribution in [-0.2, 0) is 23.2 Å².